The van der Waals surface area contributed by atoms with Crippen molar-refractivity contribution in [2.45, 2.75) is 25.0 Å². The number of rotatable bonds is 7. The molecule has 0 fully saturated rings. The van der Waals surface area contributed by atoms with E-state index in [1.54, 1.807) is 18.3 Å². The molecule has 5 nitrogen and oxygen atoms in total. The Balaban J connectivity index is 1.58. The van der Waals surface area contributed by atoms with Crippen molar-refractivity contribution < 1.29 is 9.59 Å². The summed E-state index contributed by atoms with van der Waals surface area (Å²) in [5.74, 6) is 0.270. The lowest BCUT2D eigenvalue weighted by Gasteiger charge is -2.13. The van der Waals surface area contributed by atoms with Gasteiger partial charge in [-0.2, -0.15) is 0 Å². The average Bonchev–Trinajstić information content (AvgIpc) is 3.15. The Morgan fingerprint density at radius 2 is 1.81 bits per heavy atom. The number of aromatic amines is 1. The van der Waals surface area contributed by atoms with Crippen LogP contribution in [0.15, 0.2) is 66.0 Å². The highest BCUT2D eigenvalue weighted by atomic mass is 32.2. The topological polar surface area (TPSA) is 74.8 Å². The Hall–Kier alpha value is -2.86. The number of aromatic nitrogens is 2. The molecule has 0 saturated heterocycles. The smallest absolute Gasteiger partial charge is 0.217 e. The Kier molecular flexibility index (Phi) is 6.08. The second-order valence-electron chi connectivity index (χ2n) is 6.22. The predicted molar refractivity (Wildman–Crippen MR) is 108 cm³/mol. The van der Waals surface area contributed by atoms with Crippen LogP contribution >= 0.6 is 11.8 Å². The summed E-state index contributed by atoms with van der Waals surface area (Å²) in [6.45, 7) is 3.40. The zero-order chi connectivity index (χ0) is 19.2. The number of H-pyrrole nitrogens is 1. The van der Waals surface area contributed by atoms with Crippen molar-refractivity contribution in [2.75, 3.05) is 5.75 Å². The number of nitrogens with zero attached hydrogens (tertiary/aromatic N) is 1. The molecular weight excluding hydrogens is 358 g/mol. The summed E-state index contributed by atoms with van der Waals surface area (Å²) < 4.78 is 0. The maximum Gasteiger partial charge on any atom is 0.217 e. The molecule has 1 amide bonds. The SMILES string of the molecule is CC(=O)NC(C)c1ccc(C(=O)CSc2ncc(-c3ccccc3)[nH]2)cc1. The summed E-state index contributed by atoms with van der Waals surface area (Å²) in [7, 11) is 0. The number of nitrogens with one attached hydrogen (secondary N) is 2. The van der Waals surface area contributed by atoms with Crippen molar-refractivity contribution in [3.63, 3.8) is 0 Å². The van der Waals surface area contributed by atoms with E-state index in [-0.39, 0.29) is 17.7 Å². The van der Waals surface area contributed by atoms with Gasteiger partial charge in [-0.25, -0.2) is 4.98 Å². The van der Waals surface area contributed by atoms with Crippen LogP contribution in [0.4, 0.5) is 0 Å². The first-order valence-corrected chi connectivity index (χ1v) is 9.65. The van der Waals surface area contributed by atoms with Crippen molar-refractivity contribution >= 4 is 23.5 Å². The van der Waals surface area contributed by atoms with Gasteiger partial charge in [0.15, 0.2) is 10.9 Å². The summed E-state index contributed by atoms with van der Waals surface area (Å²) in [5, 5.41) is 3.55. The first-order valence-electron chi connectivity index (χ1n) is 8.66. The van der Waals surface area contributed by atoms with Gasteiger partial charge in [-0.05, 0) is 18.1 Å². The van der Waals surface area contributed by atoms with Gasteiger partial charge in [0.1, 0.15) is 0 Å². The molecule has 1 unspecified atom stereocenters. The molecule has 3 aromatic rings. The molecule has 2 N–H and O–H groups in total. The highest BCUT2D eigenvalue weighted by Crippen LogP contribution is 2.22. The van der Waals surface area contributed by atoms with E-state index in [9.17, 15) is 9.59 Å². The third kappa shape index (κ3) is 5.08. The molecule has 0 aliphatic carbocycles. The van der Waals surface area contributed by atoms with E-state index in [4.69, 9.17) is 0 Å². The Bertz CT molecular complexity index is 920. The van der Waals surface area contributed by atoms with Gasteiger partial charge < -0.3 is 10.3 Å². The maximum atomic E-state index is 12.4. The first kappa shape index (κ1) is 18.9. The van der Waals surface area contributed by atoms with Crippen LogP contribution in [0.3, 0.4) is 0 Å². The number of amides is 1. The summed E-state index contributed by atoms with van der Waals surface area (Å²) in [6, 6.07) is 17.2. The molecule has 1 aromatic heterocycles. The number of benzene rings is 2. The summed E-state index contributed by atoms with van der Waals surface area (Å²) in [5.41, 5.74) is 3.61. The number of hydrogen-bond donors (Lipinski definition) is 2. The monoisotopic (exact) mass is 379 g/mol. The summed E-state index contributed by atoms with van der Waals surface area (Å²) in [6.07, 6.45) is 1.78. The minimum absolute atomic E-state index is 0.0383. The van der Waals surface area contributed by atoms with E-state index in [0.717, 1.165) is 22.0 Å². The van der Waals surface area contributed by atoms with Crippen LogP contribution < -0.4 is 5.32 Å². The lowest BCUT2D eigenvalue weighted by atomic mass is 10.0. The van der Waals surface area contributed by atoms with Crippen LogP contribution in [0, 0.1) is 0 Å². The maximum absolute atomic E-state index is 12.4. The molecule has 138 valence electrons. The lowest BCUT2D eigenvalue weighted by molar-refractivity contribution is -0.119. The molecule has 1 atom stereocenters. The number of carbonyl (C=O) groups excluding carboxylic acids is 2. The molecule has 0 saturated carbocycles. The van der Waals surface area contributed by atoms with Crippen LogP contribution in [0.5, 0.6) is 0 Å². The number of thioether (sulfide) groups is 1. The molecule has 0 radical (unpaired) electrons. The van der Waals surface area contributed by atoms with E-state index in [0.29, 0.717) is 11.3 Å². The van der Waals surface area contributed by atoms with Crippen LogP contribution in [0.2, 0.25) is 0 Å². The fraction of sp³-hybridized carbons (Fsp3) is 0.190. The molecule has 1 heterocycles. The minimum atomic E-state index is -0.0828. The molecule has 0 spiro atoms. The Morgan fingerprint density at radius 1 is 1.11 bits per heavy atom. The largest absolute Gasteiger partial charge is 0.350 e. The van der Waals surface area contributed by atoms with Gasteiger partial charge in [0.25, 0.3) is 0 Å². The molecule has 0 bridgehead atoms. The molecule has 0 aliphatic rings. The molecular formula is C21H21N3O2S. The average molecular weight is 379 g/mol. The van der Waals surface area contributed by atoms with Crippen molar-refractivity contribution in [1.82, 2.24) is 15.3 Å². The zero-order valence-corrected chi connectivity index (χ0v) is 16.0. The van der Waals surface area contributed by atoms with E-state index in [1.165, 1.54) is 18.7 Å². The molecule has 2 aromatic carbocycles. The third-order valence-corrected chi connectivity index (χ3v) is 5.02. The van der Waals surface area contributed by atoms with Crippen molar-refractivity contribution in [3.8, 4) is 11.3 Å². The number of carbonyl (C=O) groups is 2. The highest BCUT2D eigenvalue weighted by Gasteiger charge is 2.11. The standard InChI is InChI=1S/C21H21N3O2S/c1-14(23-15(2)25)16-8-10-18(11-9-16)20(26)13-27-21-22-12-19(24-21)17-6-4-3-5-7-17/h3-12,14H,13H2,1-2H3,(H,22,24)(H,23,25). The van der Waals surface area contributed by atoms with Crippen molar-refractivity contribution in [3.05, 3.63) is 71.9 Å². The van der Waals surface area contributed by atoms with Gasteiger partial charge in [0, 0.05) is 12.5 Å². The second kappa shape index (κ2) is 8.68. The molecule has 0 aliphatic heterocycles. The van der Waals surface area contributed by atoms with E-state index >= 15 is 0 Å². The van der Waals surface area contributed by atoms with Crippen molar-refractivity contribution in [1.29, 1.82) is 0 Å². The highest BCUT2D eigenvalue weighted by molar-refractivity contribution is 7.99. The molecule has 6 heteroatoms. The number of ketones is 1. The van der Waals surface area contributed by atoms with Gasteiger partial charge in [-0.15, -0.1) is 0 Å². The van der Waals surface area contributed by atoms with E-state index in [1.807, 2.05) is 49.4 Å². The minimum Gasteiger partial charge on any atom is -0.350 e. The normalized spacial score (nSPS) is 11.8. The fourth-order valence-corrected chi connectivity index (χ4v) is 3.45. The van der Waals surface area contributed by atoms with Gasteiger partial charge in [0.2, 0.25) is 5.91 Å². The van der Waals surface area contributed by atoms with E-state index in [2.05, 4.69) is 15.3 Å². The van der Waals surface area contributed by atoms with Gasteiger partial charge in [0.05, 0.1) is 23.7 Å². The Morgan fingerprint density at radius 3 is 2.48 bits per heavy atom. The number of hydrogen-bond acceptors (Lipinski definition) is 4. The van der Waals surface area contributed by atoms with E-state index < -0.39 is 0 Å². The van der Waals surface area contributed by atoms with Gasteiger partial charge in [-0.3, -0.25) is 9.59 Å². The predicted octanol–water partition coefficient (Wildman–Crippen LogP) is 4.25. The number of Topliss-reactive ketones (excluding diaryl/α,β-unsaturated/α-hetero) is 1. The zero-order valence-electron chi connectivity index (χ0n) is 15.2. The van der Waals surface area contributed by atoms with Gasteiger partial charge in [-0.1, -0.05) is 66.4 Å². The summed E-state index contributed by atoms with van der Waals surface area (Å²) in [4.78, 5) is 31.1. The quantitative estimate of drug-likeness (QED) is 0.475. The second-order valence-corrected chi connectivity index (χ2v) is 7.19. The van der Waals surface area contributed by atoms with Crippen LogP contribution in [0.25, 0.3) is 11.3 Å². The molecule has 3 rings (SSSR count). The summed E-state index contributed by atoms with van der Waals surface area (Å²) >= 11 is 1.38. The first-order chi connectivity index (χ1) is 13.0. The van der Waals surface area contributed by atoms with Crippen LogP contribution in [0.1, 0.15) is 35.8 Å². The third-order valence-electron chi connectivity index (χ3n) is 4.13. The lowest BCUT2D eigenvalue weighted by Crippen LogP contribution is -2.23. The Labute approximate surface area is 162 Å². The molecule has 27 heavy (non-hydrogen) atoms. The fourth-order valence-electron chi connectivity index (χ4n) is 2.70. The van der Waals surface area contributed by atoms with Crippen LogP contribution in [-0.4, -0.2) is 27.4 Å². The van der Waals surface area contributed by atoms with Crippen molar-refractivity contribution in [2.24, 2.45) is 0 Å². The number of imidazole rings is 1. The van der Waals surface area contributed by atoms with Gasteiger partial charge >= 0.3 is 0 Å². The van der Waals surface area contributed by atoms with Crippen LogP contribution in [-0.2, 0) is 4.79 Å².